The smallest absolute Gasteiger partial charge is 0.103 e. The second-order valence-electron chi connectivity index (χ2n) is 6.27. The first-order valence-corrected chi connectivity index (χ1v) is 8.08. The number of benzene rings is 1. The fourth-order valence-electron chi connectivity index (χ4n) is 3.04. The predicted octanol–water partition coefficient (Wildman–Crippen LogP) is 3.58. The lowest BCUT2D eigenvalue weighted by Gasteiger charge is -2.21. The first-order chi connectivity index (χ1) is 9.56. The molecule has 0 amide bonds. The number of likely N-dealkylation sites (tertiary alicyclic amines) is 1. The van der Waals surface area contributed by atoms with E-state index in [0.717, 1.165) is 23.9 Å². The summed E-state index contributed by atoms with van der Waals surface area (Å²) in [5.74, 6) is 1.72. The fourth-order valence-corrected chi connectivity index (χ4v) is 3.18. The molecule has 1 saturated heterocycles. The summed E-state index contributed by atoms with van der Waals surface area (Å²) >= 11 is 4.99. The van der Waals surface area contributed by atoms with Gasteiger partial charge in [0.05, 0.1) is 0 Å². The van der Waals surface area contributed by atoms with Gasteiger partial charge in [-0.05, 0) is 49.8 Å². The second-order valence-corrected chi connectivity index (χ2v) is 6.71. The van der Waals surface area contributed by atoms with Gasteiger partial charge in [-0.1, -0.05) is 50.3 Å². The Morgan fingerprint density at radius 3 is 2.55 bits per heavy atom. The highest BCUT2D eigenvalue weighted by Crippen LogP contribution is 2.25. The molecule has 1 aliphatic rings. The maximum atomic E-state index is 5.63. The van der Waals surface area contributed by atoms with Crippen LogP contribution in [0.1, 0.15) is 44.2 Å². The lowest BCUT2D eigenvalue weighted by molar-refractivity contribution is 0.265. The molecule has 1 atom stereocenters. The lowest BCUT2D eigenvalue weighted by Crippen LogP contribution is -2.24. The van der Waals surface area contributed by atoms with Crippen molar-refractivity contribution in [2.75, 3.05) is 13.1 Å². The molecule has 0 radical (unpaired) electrons. The van der Waals surface area contributed by atoms with Crippen molar-refractivity contribution in [1.29, 1.82) is 0 Å². The quantitative estimate of drug-likeness (QED) is 0.860. The Balaban J connectivity index is 1.91. The van der Waals surface area contributed by atoms with Crippen LogP contribution in [-0.2, 0) is 6.54 Å². The number of nitrogens with two attached hydrogens (primary N) is 1. The van der Waals surface area contributed by atoms with Crippen LogP contribution in [0.3, 0.4) is 0 Å². The minimum Gasteiger partial charge on any atom is -0.389 e. The van der Waals surface area contributed by atoms with Gasteiger partial charge in [0.15, 0.2) is 0 Å². The van der Waals surface area contributed by atoms with Crippen LogP contribution in [0.5, 0.6) is 0 Å². The van der Waals surface area contributed by atoms with Crippen LogP contribution >= 0.6 is 12.2 Å². The highest BCUT2D eigenvalue weighted by Gasteiger charge is 2.19. The molecular weight excluding hydrogens is 264 g/mol. The van der Waals surface area contributed by atoms with E-state index in [0.29, 0.717) is 4.99 Å². The molecule has 1 heterocycles. The average molecular weight is 290 g/mol. The van der Waals surface area contributed by atoms with Gasteiger partial charge in [-0.25, -0.2) is 0 Å². The highest BCUT2D eigenvalue weighted by molar-refractivity contribution is 7.80. The number of hydrogen-bond donors (Lipinski definition) is 1. The Kier molecular flexibility index (Phi) is 5.55. The Bertz CT molecular complexity index is 439. The first-order valence-electron chi connectivity index (χ1n) is 7.67. The van der Waals surface area contributed by atoms with Crippen LogP contribution in [0.15, 0.2) is 24.3 Å². The molecule has 3 heteroatoms. The molecule has 20 heavy (non-hydrogen) atoms. The van der Waals surface area contributed by atoms with Crippen LogP contribution in [0, 0.1) is 11.8 Å². The van der Waals surface area contributed by atoms with Crippen molar-refractivity contribution < 1.29 is 0 Å². The van der Waals surface area contributed by atoms with E-state index in [4.69, 9.17) is 18.0 Å². The van der Waals surface area contributed by atoms with Gasteiger partial charge in [0.2, 0.25) is 0 Å². The number of hydrogen-bond acceptors (Lipinski definition) is 2. The molecule has 1 aromatic rings. The zero-order chi connectivity index (χ0) is 14.5. The van der Waals surface area contributed by atoms with Crippen molar-refractivity contribution in [3.8, 4) is 0 Å². The second kappa shape index (κ2) is 7.19. The van der Waals surface area contributed by atoms with Crippen LogP contribution in [-0.4, -0.2) is 23.0 Å². The minimum atomic E-state index is 0.478. The van der Waals surface area contributed by atoms with Crippen LogP contribution in [0.4, 0.5) is 0 Å². The summed E-state index contributed by atoms with van der Waals surface area (Å²) in [5.41, 5.74) is 7.95. The SMILES string of the molecule is CC(C)C1CCCN(Cc2ccc(C(N)=S)cc2)CC1. The fraction of sp³-hybridized carbons (Fsp3) is 0.588. The third-order valence-electron chi connectivity index (χ3n) is 4.45. The maximum Gasteiger partial charge on any atom is 0.103 e. The molecule has 2 N–H and O–H groups in total. The summed E-state index contributed by atoms with van der Waals surface area (Å²) in [6.45, 7) is 8.20. The summed E-state index contributed by atoms with van der Waals surface area (Å²) in [6, 6.07) is 8.37. The van der Waals surface area contributed by atoms with Gasteiger partial charge in [-0.2, -0.15) is 0 Å². The van der Waals surface area contributed by atoms with Gasteiger partial charge in [-0.3, -0.25) is 4.90 Å². The van der Waals surface area contributed by atoms with E-state index >= 15 is 0 Å². The summed E-state index contributed by atoms with van der Waals surface area (Å²) < 4.78 is 0. The van der Waals surface area contributed by atoms with Gasteiger partial charge in [0, 0.05) is 12.1 Å². The van der Waals surface area contributed by atoms with Gasteiger partial charge in [0.25, 0.3) is 0 Å². The zero-order valence-corrected chi connectivity index (χ0v) is 13.5. The summed E-state index contributed by atoms with van der Waals surface area (Å²) in [4.78, 5) is 3.06. The summed E-state index contributed by atoms with van der Waals surface area (Å²) in [7, 11) is 0. The van der Waals surface area contributed by atoms with Gasteiger partial charge < -0.3 is 5.73 Å². The molecule has 0 spiro atoms. The van der Waals surface area contributed by atoms with Crippen molar-refractivity contribution in [3.63, 3.8) is 0 Å². The predicted molar refractivity (Wildman–Crippen MR) is 89.8 cm³/mol. The Labute approximate surface area is 128 Å². The van der Waals surface area contributed by atoms with Gasteiger partial charge >= 0.3 is 0 Å². The normalized spacial score (nSPS) is 20.9. The van der Waals surface area contributed by atoms with E-state index in [9.17, 15) is 0 Å². The largest absolute Gasteiger partial charge is 0.389 e. The number of rotatable bonds is 4. The Morgan fingerprint density at radius 2 is 1.95 bits per heavy atom. The first kappa shape index (κ1) is 15.5. The van der Waals surface area contributed by atoms with Crippen molar-refractivity contribution in [3.05, 3.63) is 35.4 Å². The number of nitrogens with zero attached hydrogens (tertiary/aromatic N) is 1. The highest BCUT2D eigenvalue weighted by atomic mass is 32.1. The van der Waals surface area contributed by atoms with E-state index < -0.39 is 0 Å². The van der Waals surface area contributed by atoms with E-state index in [1.54, 1.807) is 0 Å². The third kappa shape index (κ3) is 4.29. The standard InChI is InChI=1S/C17H26N2S/c1-13(2)15-4-3-10-19(11-9-15)12-14-5-7-16(8-6-14)17(18)20/h5-8,13,15H,3-4,9-12H2,1-2H3,(H2,18,20). The van der Waals surface area contributed by atoms with E-state index in [2.05, 4.69) is 30.9 Å². The third-order valence-corrected chi connectivity index (χ3v) is 4.69. The summed E-state index contributed by atoms with van der Waals surface area (Å²) in [6.07, 6.45) is 4.05. The van der Waals surface area contributed by atoms with Crippen LogP contribution in [0.25, 0.3) is 0 Å². The molecule has 110 valence electrons. The number of thiocarbonyl (C=S) groups is 1. The maximum absolute atomic E-state index is 5.63. The molecule has 1 aliphatic heterocycles. The molecule has 0 saturated carbocycles. The molecular formula is C17H26N2S. The van der Waals surface area contributed by atoms with E-state index in [-0.39, 0.29) is 0 Å². The molecule has 2 nitrogen and oxygen atoms in total. The Morgan fingerprint density at radius 1 is 1.25 bits per heavy atom. The van der Waals surface area contributed by atoms with Crippen molar-refractivity contribution in [2.45, 2.75) is 39.7 Å². The van der Waals surface area contributed by atoms with Crippen molar-refractivity contribution in [1.82, 2.24) is 4.90 Å². The molecule has 2 rings (SSSR count). The topological polar surface area (TPSA) is 29.3 Å². The lowest BCUT2D eigenvalue weighted by atomic mass is 9.89. The Hall–Kier alpha value is -0.930. The average Bonchev–Trinajstić information content (AvgIpc) is 2.65. The monoisotopic (exact) mass is 290 g/mol. The van der Waals surface area contributed by atoms with Crippen LogP contribution in [0.2, 0.25) is 0 Å². The molecule has 0 aliphatic carbocycles. The summed E-state index contributed by atoms with van der Waals surface area (Å²) in [5, 5.41) is 0. The zero-order valence-electron chi connectivity index (χ0n) is 12.6. The van der Waals surface area contributed by atoms with Gasteiger partial charge in [-0.15, -0.1) is 0 Å². The molecule has 0 aromatic heterocycles. The van der Waals surface area contributed by atoms with Crippen molar-refractivity contribution in [2.24, 2.45) is 17.6 Å². The molecule has 1 unspecified atom stereocenters. The van der Waals surface area contributed by atoms with Crippen molar-refractivity contribution >= 4 is 17.2 Å². The minimum absolute atomic E-state index is 0.478. The molecule has 1 aromatic carbocycles. The molecule has 1 fully saturated rings. The van der Waals surface area contributed by atoms with E-state index in [1.807, 2.05) is 12.1 Å². The molecule has 0 bridgehead atoms. The van der Waals surface area contributed by atoms with Crippen LogP contribution < -0.4 is 5.73 Å². The van der Waals surface area contributed by atoms with Gasteiger partial charge in [0.1, 0.15) is 4.99 Å². The van der Waals surface area contributed by atoms with E-state index in [1.165, 1.54) is 37.9 Å².